The minimum Gasteiger partial charge on any atom is -0.309 e. The Balaban J connectivity index is 1.30. The van der Waals surface area contributed by atoms with Gasteiger partial charge in [-0.25, -0.2) is 0 Å². The molecule has 3 aliphatic rings. The quantitative estimate of drug-likeness (QED) is 0.150. The van der Waals surface area contributed by atoms with E-state index in [1.165, 1.54) is 114 Å². The normalized spacial score (nSPS) is 19.5. The fraction of sp³-hybridized carbons (Fsp3) is 0.479. The summed E-state index contributed by atoms with van der Waals surface area (Å²) in [5, 5.41) is 3.72. The molecular formula is C73H91BrN2S. The van der Waals surface area contributed by atoms with Crippen molar-refractivity contribution in [2.45, 2.75) is 214 Å². The number of fused-ring (bicyclic) bond motifs is 4. The van der Waals surface area contributed by atoms with E-state index in [2.05, 4.69) is 272 Å². The van der Waals surface area contributed by atoms with Gasteiger partial charge >= 0.3 is 0 Å². The summed E-state index contributed by atoms with van der Waals surface area (Å²) >= 11 is 6.19. The molecule has 2 nitrogen and oxygen atoms in total. The summed E-state index contributed by atoms with van der Waals surface area (Å²) < 4.78 is 2.39. The molecule has 0 aliphatic heterocycles. The van der Waals surface area contributed by atoms with E-state index in [9.17, 15) is 0 Å². The maximum atomic E-state index is 4.33. The molecule has 3 atom stereocenters. The van der Waals surface area contributed by atoms with Crippen LogP contribution in [0.2, 0.25) is 0 Å². The molecular weight excluding hydrogens is 1020 g/mol. The van der Waals surface area contributed by atoms with Crippen LogP contribution >= 0.6 is 27.3 Å². The van der Waals surface area contributed by atoms with E-state index in [0.29, 0.717) is 5.92 Å². The van der Waals surface area contributed by atoms with Gasteiger partial charge < -0.3 is 9.80 Å². The molecule has 0 radical (unpaired) electrons. The third kappa shape index (κ3) is 10.8. The highest BCUT2D eigenvalue weighted by atomic mass is 79.9. The predicted octanol–water partition coefficient (Wildman–Crippen LogP) is 23.0. The van der Waals surface area contributed by atoms with Crippen LogP contribution in [0, 0.1) is 11.8 Å². The zero-order valence-corrected chi connectivity index (χ0v) is 53.0. The Labute approximate surface area is 478 Å². The van der Waals surface area contributed by atoms with Crippen molar-refractivity contribution in [2.75, 3.05) is 9.80 Å². The van der Waals surface area contributed by atoms with Crippen LogP contribution in [0.15, 0.2) is 119 Å². The lowest BCUT2D eigenvalue weighted by atomic mass is 9.62. The molecule has 1 heterocycles. The van der Waals surface area contributed by atoms with E-state index < -0.39 is 0 Å². The van der Waals surface area contributed by atoms with Crippen LogP contribution in [0.4, 0.5) is 34.1 Å². The summed E-state index contributed by atoms with van der Waals surface area (Å²) in [5.74, 6) is 2.40. The van der Waals surface area contributed by atoms with Crippen LogP contribution in [-0.4, -0.2) is 0 Å². The summed E-state index contributed by atoms with van der Waals surface area (Å²) in [6.07, 6.45) is 7.83. The van der Waals surface area contributed by atoms with E-state index in [0.717, 1.165) is 40.5 Å². The number of hydrogen-bond acceptors (Lipinski definition) is 3. The van der Waals surface area contributed by atoms with Crippen molar-refractivity contribution >= 4 is 71.5 Å². The first-order chi connectivity index (χ1) is 35.7. The average Bonchev–Trinajstić information content (AvgIpc) is 4.19. The number of rotatable bonds is 8. The smallest absolute Gasteiger partial charge is 0.0647 e. The van der Waals surface area contributed by atoms with E-state index in [1.807, 2.05) is 11.3 Å². The van der Waals surface area contributed by atoms with Gasteiger partial charge in [0.25, 0.3) is 0 Å². The number of thiophene rings is 1. The third-order valence-electron chi connectivity index (χ3n) is 18.5. The lowest BCUT2D eigenvalue weighted by Gasteiger charge is -2.43. The first-order valence-electron chi connectivity index (χ1n) is 29.2. The Bertz CT molecular complexity index is 3330. The van der Waals surface area contributed by atoms with Gasteiger partial charge in [-0.1, -0.05) is 180 Å². The summed E-state index contributed by atoms with van der Waals surface area (Å²) in [5.41, 5.74) is 20.4. The zero-order chi connectivity index (χ0) is 55.7. The highest BCUT2D eigenvalue weighted by molar-refractivity contribution is 9.10. The van der Waals surface area contributed by atoms with Gasteiger partial charge in [0.2, 0.25) is 0 Å². The van der Waals surface area contributed by atoms with Gasteiger partial charge in [0.15, 0.2) is 0 Å². The van der Waals surface area contributed by atoms with Gasteiger partial charge in [-0.3, -0.25) is 0 Å². The van der Waals surface area contributed by atoms with Crippen LogP contribution in [0.3, 0.4) is 0 Å². The molecule has 6 aromatic carbocycles. The molecule has 4 heteroatoms. The summed E-state index contributed by atoms with van der Waals surface area (Å²) in [7, 11) is 0. The van der Waals surface area contributed by atoms with Crippen LogP contribution in [0.25, 0.3) is 21.2 Å². The minimum atomic E-state index is -0.176. The third-order valence-corrected chi connectivity index (χ3v) is 20.1. The second kappa shape index (κ2) is 19.3. The molecule has 0 saturated heterocycles. The van der Waals surface area contributed by atoms with E-state index in [1.54, 1.807) is 0 Å². The average molecular weight is 1110 g/mol. The molecule has 0 N–H and O–H groups in total. The minimum absolute atomic E-state index is 0.00664. The fourth-order valence-corrected chi connectivity index (χ4v) is 14.6. The summed E-state index contributed by atoms with van der Waals surface area (Å²) in [4.78, 5) is 5.25. The molecule has 2 fully saturated rings. The zero-order valence-electron chi connectivity index (χ0n) is 50.6. The molecule has 10 rings (SSSR count). The van der Waals surface area contributed by atoms with Crippen molar-refractivity contribution in [3.63, 3.8) is 0 Å². The van der Waals surface area contributed by atoms with Crippen molar-refractivity contribution in [2.24, 2.45) is 11.8 Å². The Morgan fingerprint density at radius 2 is 1.00 bits per heavy atom. The van der Waals surface area contributed by atoms with Crippen molar-refractivity contribution in [3.8, 4) is 11.1 Å². The fourth-order valence-electron chi connectivity index (χ4n) is 13.1. The standard InChI is InChI=1S/C73H91BrN2S/c1-67(2,3)49-25-29-66-59(39-49)65(44-77-66)75(54-26-22-46(23-27-54)57-33-45-20-21-47(57)32-45)55-37-53(71(13,14)15)38-56(41-55)76(63-28-24-50(40-62(63)74)68(4,5)6)64-43-61-60(72(16,17)30-31-73(61,18)19)42-58(64)48-34-51(69(7,8)9)36-52(35-48)70(10,11)12/h22-29,34-45,47,57H,20-21,30-33H2,1-19H3. The predicted molar refractivity (Wildman–Crippen MR) is 341 cm³/mol. The van der Waals surface area contributed by atoms with Gasteiger partial charge in [0, 0.05) is 42.6 Å². The Morgan fingerprint density at radius 1 is 0.468 bits per heavy atom. The molecule has 3 unspecified atom stereocenters. The number of benzene rings is 6. The van der Waals surface area contributed by atoms with Crippen molar-refractivity contribution < 1.29 is 0 Å². The summed E-state index contributed by atoms with van der Waals surface area (Å²) in [6, 6.07) is 44.5. The van der Waals surface area contributed by atoms with Gasteiger partial charge in [0.05, 0.1) is 17.1 Å². The van der Waals surface area contributed by atoms with E-state index >= 15 is 0 Å². The topological polar surface area (TPSA) is 6.48 Å². The van der Waals surface area contributed by atoms with Crippen LogP contribution < -0.4 is 9.80 Å². The van der Waals surface area contributed by atoms with Gasteiger partial charge in [0.1, 0.15) is 0 Å². The van der Waals surface area contributed by atoms with Gasteiger partial charge in [-0.15, -0.1) is 11.3 Å². The highest BCUT2D eigenvalue weighted by Crippen LogP contribution is 2.56. The van der Waals surface area contributed by atoms with Crippen LogP contribution in [-0.2, 0) is 37.9 Å². The summed E-state index contributed by atoms with van der Waals surface area (Å²) in [6.45, 7) is 45.3. The lowest BCUT2D eigenvalue weighted by molar-refractivity contribution is 0.332. The van der Waals surface area contributed by atoms with Crippen LogP contribution in [0.1, 0.15) is 221 Å². The molecule has 0 spiro atoms. The molecule has 2 bridgehead atoms. The first-order valence-corrected chi connectivity index (χ1v) is 30.9. The first kappa shape index (κ1) is 55.7. The van der Waals surface area contributed by atoms with Gasteiger partial charge in [-0.2, -0.15) is 0 Å². The lowest BCUT2D eigenvalue weighted by Crippen LogP contribution is -2.34. The van der Waals surface area contributed by atoms with E-state index in [-0.39, 0.29) is 37.9 Å². The monoisotopic (exact) mass is 1110 g/mol. The molecule has 2 saturated carbocycles. The molecule has 7 aromatic rings. The number of hydrogen-bond donors (Lipinski definition) is 0. The Morgan fingerprint density at radius 3 is 1.53 bits per heavy atom. The maximum Gasteiger partial charge on any atom is 0.0647 e. The SMILES string of the molecule is CC(C)(C)c1cc(N(c2ccc(C(C)(C)C)cc2Br)c2cc3c(cc2-c2cc(C(C)(C)C)cc(C(C)(C)C)c2)C(C)(C)CCC3(C)C)cc(N(c2ccc(C3CC4CCC3C4)cc2)c2csc3ccc(C(C)(C)C)cc23)c1. The number of anilines is 6. The number of nitrogens with zero attached hydrogens (tertiary/aromatic N) is 2. The Kier molecular flexibility index (Phi) is 13.9. The van der Waals surface area contributed by atoms with Crippen LogP contribution in [0.5, 0.6) is 0 Å². The second-order valence-corrected chi connectivity index (χ2v) is 32.3. The van der Waals surface area contributed by atoms with Crippen molar-refractivity contribution in [1.29, 1.82) is 0 Å². The van der Waals surface area contributed by atoms with Crippen molar-refractivity contribution in [1.82, 2.24) is 0 Å². The number of halogens is 1. The molecule has 77 heavy (non-hydrogen) atoms. The van der Waals surface area contributed by atoms with Crippen molar-refractivity contribution in [3.05, 3.63) is 164 Å². The molecule has 406 valence electrons. The maximum absolute atomic E-state index is 4.33. The molecule has 0 amide bonds. The largest absolute Gasteiger partial charge is 0.309 e. The molecule has 3 aliphatic carbocycles. The van der Waals surface area contributed by atoms with E-state index in [4.69, 9.17) is 0 Å². The Hall–Kier alpha value is -4.64. The van der Waals surface area contributed by atoms with Gasteiger partial charge in [-0.05, 0) is 220 Å². The highest BCUT2D eigenvalue weighted by Gasteiger charge is 2.41. The molecule has 1 aromatic heterocycles. The second-order valence-electron chi connectivity index (χ2n) is 30.5.